The Morgan fingerprint density at radius 1 is 1.83 bits per heavy atom. The van der Waals surface area contributed by atoms with Crippen molar-refractivity contribution in [2.45, 2.75) is 6.92 Å². The van der Waals surface area contributed by atoms with Crippen molar-refractivity contribution in [3.05, 3.63) is 17.6 Å². The van der Waals surface area contributed by atoms with Crippen molar-refractivity contribution in [1.29, 1.82) is 0 Å². The van der Waals surface area contributed by atoms with E-state index in [1.807, 2.05) is 0 Å². The molecule has 0 bridgehead atoms. The summed E-state index contributed by atoms with van der Waals surface area (Å²) in [7, 11) is 0. The Bertz CT molecular complexity index is 58.6. The zero-order valence-electron chi connectivity index (χ0n) is 3.51. The Balaban J connectivity index is 0. The average Bonchev–Trinajstić information content (AvgIpc) is 1.38. The second kappa shape index (κ2) is 5.10. The third kappa shape index (κ3) is 8.94. The molecule has 0 aromatic rings. The quantitative estimate of drug-likeness (QED) is 0.490. The maximum Gasteiger partial charge on any atom is 2.00 e. The molecule has 0 aromatic heterocycles. The second-order valence-corrected chi connectivity index (χ2v) is 0.873. The van der Waals surface area contributed by atoms with Gasteiger partial charge in [0.2, 0.25) is 0 Å². The van der Waals surface area contributed by atoms with Crippen LogP contribution in [0.1, 0.15) is 6.92 Å². The maximum absolute atomic E-state index is 7.86. The molecule has 0 amide bonds. The van der Waals surface area contributed by atoms with Crippen LogP contribution in [0.25, 0.3) is 5.41 Å². The molecule has 6 heavy (non-hydrogen) atoms. The molecule has 0 heterocycles. The minimum atomic E-state index is 0. The Kier molecular flexibility index (Phi) is 8.02. The van der Waals surface area contributed by atoms with E-state index in [1.54, 1.807) is 6.92 Å². The van der Waals surface area contributed by atoms with Crippen LogP contribution in [0.5, 0.6) is 0 Å². The fraction of sp³-hybridized carbons (Fsp3) is 0.250. The van der Waals surface area contributed by atoms with Crippen LogP contribution in [0.2, 0.25) is 0 Å². The summed E-state index contributed by atoms with van der Waals surface area (Å²) in [5, 5.41) is 7.86. The van der Waals surface area contributed by atoms with Crippen LogP contribution in [-0.2, 0) is 21.1 Å². The molecule has 0 fully saturated rings. The second-order valence-electron chi connectivity index (χ2n) is 0.873. The molecule has 0 saturated heterocycles. The fourth-order valence-corrected chi connectivity index (χ4v) is 0. The molecule has 0 aliphatic heterocycles. The van der Waals surface area contributed by atoms with Gasteiger partial charge in [0.1, 0.15) is 0 Å². The number of hydrogen-bond acceptors (Lipinski definition) is 0. The van der Waals surface area contributed by atoms with Crippen LogP contribution in [-0.4, -0.2) is 6.21 Å². The Morgan fingerprint density at radius 3 is 2.00 bits per heavy atom. The van der Waals surface area contributed by atoms with E-state index in [-0.39, 0.29) is 21.1 Å². The summed E-state index contributed by atoms with van der Waals surface area (Å²) >= 11 is 0. The Morgan fingerprint density at radius 2 is 2.00 bits per heavy atom. The van der Waals surface area contributed by atoms with Crippen molar-refractivity contribution < 1.29 is 21.1 Å². The number of hydrogen-bond donors (Lipinski definition) is 0. The molecular weight excluding hydrogens is 246 g/mol. The van der Waals surface area contributed by atoms with Crippen LogP contribution < -0.4 is 0 Å². The molecule has 1 nitrogen and oxygen atoms in total. The van der Waals surface area contributed by atoms with Gasteiger partial charge in [0, 0.05) is 0 Å². The summed E-state index contributed by atoms with van der Waals surface area (Å²) in [6.45, 7) is 6.51. The van der Waals surface area contributed by atoms with Gasteiger partial charge in [0.15, 0.2) is 0 Å². The van der Waals surface area contributed by atoms with Gasteiger partial charge in [-0.15, -0.1) is 0 Å². The van der Waals surface area contributed by atoms with Crippen molar-refractivity contribution in [2.24, 2.45) is 0 Å². The van der Waals surface area contributed by atoms with Crippen LogP contribution in [0.4, 0.5) is 0 Å². The molecule has 0 aliphatic carbocycles. The van der Waals surface area contributed by atoms with Gasteiger partial charge in [-0.25, -0.2) is 0 Å². The number of allylic oxidation sites excluding steroid dienone is 1. The number of nitrogens with zero attached hydrogens (tertiary/aromatic N) is 1. The molecule has 0 unspecified atom stereocenters. The summed E-state index contributed by atoms with van der Waals surface area (Å²) in [5.41, 5.74) is 0.435. The molecule has 2 heteroatoms. The Hall–Kier alpha value is 0.0983. The first kappa shape index (κ1) is 9.44. The van der Waals surface area contributed by atoms with Gasteiger partial charge in [-0.2, -0.15) is 0 Å². The summed E-state index contributed by atoms with van der Waals surface area (Å²) < 4.78 is 0. The Labute approximate surface area is 52.2 Å². The molecule has 32 valence electrons. The first-order valence-electron chi connectivity index (χ1n) is 1.34. The molecule has 0 radical (unpaired) electrons. The summed E-state index contributed by atoms with van der Waals surface area (Å²) in [5.74, 6) is 0. The van der Waals surface area contributed by atoms with Crippen molar-refractivity contribution in [2.75, 3.05) is 0 Å². The van der Waals surface area contributed by atoms with Crippen LogP contribution in [0.15, 0.2) is 5.57 Å². The van der Waals surface area contributed by atoms with E-state index in [0.29, 0.717) is 5.57 Å². The largest absolute Gasteiger partial charge is 2.00 e. The third-order valence-corrected chi connectivity index (χ3v) is 0.204. The molecule has 0 atom stereocenters. The zero-order chi connectivity index (χ0) is 4.28. The average molecular weight is 251 g/mol. The third-order valence-electron chi connectivity index (χ3n) is 0.204. The summed E-state index contributed by atoms with van der Waals surface area (Å²) in [6, 6.07) is 0. The van der Waals surface area contributed by atoms with Crippen LogP contribution in [0, 0.1) is 6.58 Å². The molecule has 0 aromatic carbocycles. The van der Waals surface area contributed by atoms with Gasteiger partial charge in [-0.3, -0.25) is 12.2 Å². The predicted octanol–water partition coefficient (Wildman–Crippen LogP) is 1.00. The van der Waals surface area contributed by atoms with Crippen molar-refractivity contribution in [3.63, 3.8) is 0 Å². The standard InChI is InChI=1S/C4H5N.W/c1-4(2)3-5;/h1,3H,2H3;/q-2;+2. The van der Waals surface area contributed by atoms with E-state index < -0.39 is 0 Å². The summed E-state index contributed by atoms with van der Waals surface area (Å²) in [6.07, 6.45) is 0.861. The normalized spacial score (nSPS) is 5.50. The van der Waals surface area contributed by atoms with Crippen molar-refractivity contribution in [3.8, 4) is 0 Å². The summed E-state index contributed by atoms with van der Waals surface area (Å²) in [4.78, 5) is 0. The first-order chi connectivity index (χ1) is 2.27. The van der Waals surface area contributed by atoms with Gasteiger partial charge in [0.05, 0.1) is 0 Å². The molecule has 0 N–H and O–H groups in total. The van der Waals surface area contributed by atoms with Gasteiger partial charge in [-0.05, 0) is 0 Å². The molecule has 0 saturated carbocycles. The van der Waals surface area contributed by atoms with Crippen LogP contribution in [0.3, 0.4) is 0 Å². The van der Waals surface area contributed by atoms with E-state index in [9.17, 15) is 0 Å². The first-order valence-corrected chi connectivity index (χ1v) is 1.34. The van der Waals surface area contributed by atoms with E-state index in [0.717, 1.165) is 6.21 Å². The van der Waals surface area contributed by atoms with E-state index in [1.165, 1.54) is 0 Å². The van der Waals surface area contributed by atoms with Crippen molar-refractivity contribution >= 4 is 6.21 Å². The van der Waals surface area contributed by atoms with Gasteiger partial charge < -0.3 is 11.6 Å². The van der Waals surface area contributed by atoms with Gasteiger partial charge in [-0.1, -0.05) is 6.92 Å². The maximum atomic E-state index is 7.86. The van der Waals surface area contributed by atoms with E-state index in [2.05, 4.69) is 0 Å². The van der Waals surface area contributed by atoms with Gasteiger partial charge >= 0.3 is 21.1 Å². The minimum Gasteiger partial charge on any atom is -0.911 e. The molecule has 0 spiro atoms. The van der Waals surface area contributed by atoms with Gasteiger partial charge in [0.25, 0.3) is 0 Å². The molecule has 0 aliphatic rings. The molecule has 0 rings (SSSR count). The number of rotatable bonds is 1. The SMILES string of the molecule is [CH-]=C(C)C=[N-].[W+2]. The monoisotopic (exact) mass is 251 g/mol. The predicted molar refractivity (Wildman–Crippen MR) is 22.9 cm³/mol. The van der Waals surface area contributed by atoms with Crippen molar-refractivity contribution in [1.82, 2.24) is 0 Å². The minimum absolute atomic E-state index is 0. The zero-order valence-corrected chi connectivity index (χ0v) is 6.44. The van der Waals surface area contributed by atoms with E-state index in [4.69, 9.17) is 12.0 Å². The smallest absolute Gasteiger partial charge is 0.911 e. The topological polar surface area (TPSA) is 22.3 Å². The van der Waals surface area contributed by atoms with Crippen LogP contribution >= 0.6 is 0 Å². The fourth-order valence-electron chi connectivity index (χ4n) is 0. The molecular formula is C4H5NW. The van der Waals surface area contributed by atoms with E-state index >= 15 is 0 Å².